The summed E-state index contributed by atoms with van der Waals surface area (Å²) in [7, 11) is 0. The minimum Gasteiger partial charge on any atom is -0.487 e. The first kappa shape index (κ1) is 11.8. The lowest BCUT2D eigenvalue weighted by atomic mass is 10.4. The summed E-state index contributed by atoms with van der Waals surface area (Å²) in [5, 5.41) is 0.648. The fraction of sp³-hybridized carbons (Fsp3) is 0.889. The van der Waals surface area contributed by atoms with E-state index < -0.39 is 0 Å². The summed E-state index contributed by atoms with van der Waals surface area (Å²) in [5.74, 6) is 0. The largest absolute Gasteiger partial charge is 0.487 e. The van der Waals surface area contributed by atoms with Crippen LogP contribution in [0.2, 0.25) is 0 Å². The monoisotopic (exact) mass is 189 g/mol. The van der Waals surface area contributed by atoms with E-state index in [-0.39, 0.29) is 0 Å². The molecule has 0 atom stereocenters. The van der Waals surface area contributed by atoms with Crippen LogP contribution >= 0.6 is 12.2 Å². The van der Waals surface area contributed by atoms with E-state index in [2.05, 4.69) is 18.7 Å². The molecule has 0 spiro atoms. The molecular formula is C9H19NOS. The van der Waals surface area contributed by atoms with E-state index >= 15 is 0 Å². The number of ether oxygens (including phenoxy) is 1. The number of hydrogen-bond acceptors (Lipinski definition) is 3. The summed E-state index contributed by atoms with van der Waals surface area (Å²) in [6.07, 6.45) is 1.07. The lowest BCUT2D eigenvalue weighted by molar-refractivity contribution is 0.245. The van der Waals surface area contributed by atoms with Crippen LogP contribution in [0.3, 0.4) is 0 Å². The van der Waals surface area contributed by atoms with Gasteiger partial charge in [0, 0.05) is 13.5 Å². The van der Waals surface area contributed by atoms with Gasteiger partial charge < -0.3 is 9.64 Å². The quantitative estimate of drug-likeness (QED) is 0.469. The van der Waals surface area contributed by atoms with Gasteiger partial charge in [-0.15, -0.1) is 0 Å². The van der Waals surface area contributed by atoms with E-state index in [4.69, 9.17) is 17.0 Å². The Balaban J connectivity index is 3.23. The van der Waals surface area contributed by atoms with Crippen LogP contribution in [0.5, 0.6) is 0 Å². The Hall–Kier alpha value is -0.150. The van der Waals surface area contributed by atoms with Crippen molar-refractivity contribution < 1.29 is 4.74 Å². The Morgan fingerprint density at radius 2 is 1.92 bits per heavy atom. The Morgan fingerprint density at radius 1 is 1.33 bits per heavy atom. The third-order valence-electron chi connectivity index (χ3n) is 1.82. The van der Waals surface area contributed by atoms with Gasteiger partial charge in [-0.05, 0) is 31.7 Å². The van der Waals surface area contributed by atoms with E-state index in [1.807, 2.05) is 6.92 Å². The van der Waals surface area contributed by atoms with Crippen molar-refractivity contribution in [3.05, 3.63) is 0 Å². The molecular weight excluding hydrogens is 170 g/mol. The van der Waals surface area contributed by atoms with Crippen molar-refractivity contribution in [3.63, 3.8) is 0 Å². The zero-order valence-corrected chi connectivity index (χ0v) is 9.12. The van der Waals surface area contributed by atoms with Crippen LogP contribution in [-0.2, 0) is 4.74 Å². The molecule has 0 aromatic rings. The first-order chi connectivity index (χ1) is 5.70. The summed E-state index contributed by atoms with van der Waals surface area (Å²) >= 11 is 4.80. The Morgan fingerprint density at radius 3 is 2.33 bits per heavy atom. The summed E-state index contributed by atoms with van der Waals surface area (Å²) in [6, 6.07) is 0. The predicted octanol–water partition coefficient (Wildman–Crippen LogP) is 2.08. The molecule has 0 unspecified atom stereocenters. The van der Waals surface area contributed by atoms with E-state index in [1.54, 1.807) is 0 Å². The average molecular weight is 189 g/mol. The van der Waals surface area contributed by atoms with Crippen LogP contribution < -0.4 is 0 Å². The molecule has 0 heterocycles. The lowest BCUT2D eigenvalue weighted by Crippen LogP contribution is -2.24. The Kier molecular flexibility index (Phi) is 7.40. The first-order valence-corrected chi connectivity index (χ1v) is 4.97. The molecule has 0 aliphatic carbocycles. The molecule has 3 heteroatoms. The molecule has 0 aliphatic rings. The highest BCUT2D eigenvalue weighted by Crippen LogP contribution is 1.92. The van der Waals surface area contributed by atoms with Gasteiger partial charge in [0.2, 0.25) is 0 Å². The molecule has 0 amide bonds. The minimum absolute atomic E-state index is 0.648. The highest BCUT2D eigenvalue weighted by atomic mass is 32.1. The van der Waals surface area contributed by atoms with E-state index in [9.17, 15) is 0 Å². The maximum atomic E-state index is 5.19. The smallest absolute Gasteiger partial charge is 0.156 e. The first-order valence-electron chi connectivity index (χ1n) is 4.56. The highest BCUT2D eigenvalue weighted by molar-refractivity contribution is 7.80. The van der Waals surface area contributed by atoms with Gasteiger partial charge in [-0.2, -0.15) is 0 Å². The molecule has 0 bridgehead atoms. The third kappa shape index (κ3) is 6.55. The van der Waals surface area contributed by atoms with Crippen molar-refractivity contribution in [3.8, 4) is 0 Å². The zero-order valence-electron chi connectivity index (χ0n) is 8.30. The standard InChI is InChI=1S/C9H19NOS/c1-4-10(5-2)7-6-8-11-9(3)12/h4-8H2,1-3H3. The van der Waals surface area contributed by atoms with Gasteiger partial charge in [0.1, 0.15) is 0 Å². The van der Waals surface area contributed by atoms with E-state index in [0.717, 1.165) is 32.7 Å². The van der Waals surface area contributed by atoms with Crippen molar-refractivity contribution in [2.45, 2.75) is 27.2 Å². The average Bonchev–Trinajstić information content (AvgIpc) is 2.04. The fourth-order valence-corrected chi connectivity index (χ4v) is 1.13. The molecule has 0 saturated heterocycles. The van der Waals surface area contributed by atoms with Crippen LogP contribution in [0.25, 0.3) is 0 Å². The van der Waals surface area contributed by atoms with Crippen LogP contribution in [-0.4, -0.2) is 36.2 Å². The fourth-order valence-electron chi connectivity index (χ4n) is 1.04. The predicted molar refractivity (Wildman–Crippen MR) is 56.6 cm³/mol. The second-order valence-electron chi connectivity index (χ2n) is 2.72. The minimum atomic E-state index is 0.648. The maximum Gasteiger partial charge on any atom is 0.156 e. The number of nitrogens with zero attached hydrogens (tertiary/aromatic N) is 1. The van der Waals surface area contributed by atoms with Crippen molar-refractivity contribution in [1.82, 2.24) is 4.90 Å². The summed E-state index contributed by atoms with van der Waals surface area (Å²) in [4.78, 5) is 2.38. The van der Waals surface area contributed by atoms with Gasteiger partial charge in [-0.3, -0.25) is 0 Å². The molecule has 0 N–H and O–H groups in total. The van der Waals surface area contributed by atoms with Gasteiger partial charge in [0.15, 0.2) is 5.05 Å². The van der Waals surface area contributed by atoms with Crippen molar-refractivity contribution in [2.24, 2.45) is 0 Å². The topological polar surface area (TPSA) is 12.5 Å². The van der Waals surface area contributed by atoms with E-state index in [1.165, 1.54) is 0 Å². The molecule has 0 aromatic carbocycles. The molecule has 12 heavy (non-hydrogen) atoms. The molecule has 0 aromatic heterocycles. The van der Waals surface area contributed by atoms with Crippen molar-refractivity contribution in [2.75, 3.05) is 26.2 Å². The molecule has 72 valence electrons. The zero-order chi connectivity index (χ0) is 9.40. The number of rotatable bonds is 6. The maximum absolute atomic E-state index is 5.19. The summed E-state index contributed by atoms with van der Waals surface area (Å²) < 4.78 is 5.19. The van der Waals surface area contributed by atoms with Gasteiger partial charge in [-0.25, -0.2) is 0 Å². The van der Waals surface area contributed by atoms with Crippen molar-refractivity contribution in [1.29, 1.82) is 0 Å². The second kappa shape index (κ2) is 7.50. The van der Waals surface area contributed by atoms with Gasteiger partial charge in [0.05, 0.1) is 6.61 Å². The molecule has 0 fully saturated rings. The molecule has 0 rings (SSSR count). The molecule has 0 radical (unpaired) electrons. The van der Waals surface area contributed by atoms with Crippen LogP contribution in [0, 0.1) is 0 Å². The number of thiocarbonyl (C=S) groups is 1. The second-order valence-corrected chi connectivity index (χ2v) is 3.30. The Labute approximate surface area is 80.9 Å². The summed E-state index contributed by atoms with van der Waals surface area (Å²) in [6.45, 7) is 10.3. The molecule has 0 saturated carbocycles. The van der Waals surface area contributed by atoms with Crippen LogP contribution in [0.4, 0.5) is 0 Å². The normalized spacial score (nSPS) is 10.3. The van der Waals surface area contributed by atoms with Gasteiger partial charge >= 0.3 is 0 Å². The van der Waals surface area contributed by atoms with E-state index in [0.29, 0.717) is 5.05 Å². The van der Waals surface area contributed by atoms with Gasteiger partial charge in [0.25, 0.3) is 0 Å². The number of hydrogen-bond donors (Lipinski definition) is 0. The SMILES string of the molecule is CCN(CC)CCCOC(C)=S. The third-order valence-corrected chi connectivity index (χ3v) is 1.94. The lowest BCUT2D eigenvalue weighted by Gasteiger charge is -2.17. The van der Waals surface area contributed by atoms with Crippen LogP contribution in [0.1, 0.15) is 27.2 Å². The Bertz CT molecular complexity index is 124. The molecule has 0 aliphatic heterocycles. The van der Waals surface area contributed by atoms with Crippen LogP contribution in [0.15, 0.2) is 0 Å². The summed E-state index contributed by atoms with van der Waals surface area (Å²) in [5.41, 5.74) is 0. The van der Waals surface area contributed by atoms with Crippen molar-refractivity contribution >= 4 is 17.3 Å². The van der Waals surface area contributed by atoms with Gasteiger partial charge in [-0.1, -0.05) is 13.8 Å². The molecule has 2 nitrogen and oxygen atoms in total. The highest BCUT2D eigenvalue weighted by Gasteiger charge is 1.97.